The molecule has 1 fully saturated rings. The van der Waals surface area contributed by atoms with E-state index in [1.54, 1.807) is 6.07 Å². The second-order valence-electron chi connectivity index (χ2n) is 5.49. The van der Waals surface area contributed by atoms with Gasteiger partial charge in [0, 0.05) is 36.3 Å². The number of ether oxygens (including phenoxy) is 1. The molecule has 2 rings (SSSR count). The van der Waals surface area contributed by atoms with Crippen molar-refractivity contribution in [3.05, 3.63) is 28.2 Å². The molecule has 1 aromatic rings. The highest BCUT2D eigenvalue weighted by Gasteiger charge is 2.12. The molecule has 1 saturated heterocycles. The van der Waals surface area contributed by atoms with Crippen LogP contribution in [0.4, 0.5) is 5.69 Å². The van der Waals surface area contributed by atoms with Crippen molar-refractivity contribution in [2.45, 2.75) is 13.3 Å². The summed E-state index contributed by atoms with van der Waals surface area (Å²) in [6.07, 6.45) is -0.168. The highest BCUT2D eigenvalue weighted by molar-refractivity contribution is 9.10. The lowest BCUT2D eigenvalue weighted by Gasteiger charge is -2.26. The fraction of sp³-hybridized carbons (Fsp3) is 0.500. The maximum Gasteiger partial charge on any atom is 0.233 e. The van der Waals surface area contributed by atoms with Crippen molar-refractivity contribution in [1.29, 1.82) is 0 Å². The van der Waals surface area contributed by atoms with E-state index < -0.39 is 0 Å². The maximum atomic E-state index is 11.9. The van der Waals surface area contributed by atoms with Gasteiger partial charge in [-0.2, -0.15) is 0 Å². The number of halogens is 1. The Morgan fingerprint density at radius 2 is 2.00 bits per heavy atom. The molecule has 1 aromatic carbocycles. The quantitative estimate of drug-likeness (QED) is 0.730. The first kappa shape index (κ1) is 17.9. The molecule has 0 radical (unpaired) electrons. The average Bonchev–Trinajstić information content (AvgIpc) is 2.52. The number of carbonyl (C=O) groups excluding carboxylic acids is 2. The summed E-state index contributed by atoms with van der Waals surface area (Å²) in [4.78, 5) is 25.9. The van der Waals surface area contributed by atoms with Gasteiger partial charge in [-0.3, -0.25) is 14.5 Å². The molecule has 0 bridgehead atoms. The number of carbonyl (C=O) groups is 2. The Morgan fingerprint density at radius 3 is 2.70 bits per heavy atom. The van der Waals surface area contributed by atoms with Crippen LogP contribution in [0.1, 0.15) is 12.0 Å². The third-order valence-electron chi connectivity index (χ3n) is 3.62. The molecule has 7 heteroatoms. The number of rotatable bonds is 6. The molecular formula is C16H22BrN3O3. The Labute approximate surface area is 144 Å². The van der Waals surface area contributed by atoms with Crippen molar-refractivity contribution in [3.63, 3.8) is 0 Å². The summed E-state index contributed by atoms with van der Waals surface area (Å²) in [5.41, 5.74) is 1.72. The molecule has 126 valence electrons. The third kappa shape index (κ3) is 6.29. The zero-order valence-electron chi connectivity index (χ0n) is 13.2. The van der Waals surface area contributed by atoms with E-state index in [2.05, 4.69) is 31.5 Å². The smallest absolute Gasteiger partial charge is 0.233 e. The van der Waals surface area contributed by atoms with E-state index in [1.165, 1.54) is 0 Å². The van der Waals surface area contributed by atoms with E-state index in [-0.39, 0.29) is 18.2 Å². The zero-order valence-corrected chi connectivity index (χ0v) is 14.8. The highest BCUT2D eigenvalue weighted by Crippen LogP contribution is 2.20. The van der Waals surface area contributed by atoms with Gasteiger partial charge in [-0.05, 0) is 30.7 Å². The number of hydrogen-bond acceptors (Lipinski definition) is 4. The summed E-state index contributed by atoms with van der Waals surface area (Å²) >= 11 is 3.41. The van der Waals surface area contributed by atoms with Gasteiger partial charge >= 0.3 is 0 Å². The maximum absolute atomic E-state index is 11.9. The molecule has 0 unspecified atom stereocenters. The van der Waals surface area contributed by atoms with Gasteiger partial charge in [0.25, 0.3) is 0 Å². The highest BCUT2D eigenvalue weighted by atomic mass is 79.9. The molecule has 1 heterocycles. The molecule has 2 amide bonds. The number of nitrogens with one attached hydrogen (secondary N) is 2. The van der Waals surface area contributed by atoms with E-state index in [0.717, 1.165) is 42.9 Å². The van der Waals surface area contributed by atoms with Gasteiger partial charge in [0.2, 0.25) is 11.8 Å². The van der Waals surface area contributed by atoms with Crippen LogP contribution in [0, 0.1) is 6.92 Å². The lowest BCUT2D eigenvalue weighted by atomic mass is 10.2. The second kappa shape index (κ2) is 9.00. The largest absolute Gasteiger partial charge is 0.379 e. The van der Waals surface area contributed by atoms with Crippen molar-refractivity contribution in [1.82, 2.24) is 10.2 Å². The van der Waals surface area contributed by atoms with Crippen LogP contribution in [0.3, 0.4) is 0 Å². The number of aryl methyl sites for hydroxylation is 1. The fourth-order valence-corrected chi connectivity index (χ4v) is 2.56. The second-order valence-corrected chi connectivity index (χ2v) is 6.35. The van der Waals surface area contributed by atoms with Crippen molar-refractivity contribution >= 4 is 33.4 Å². The van der Waals surface area contributed by atoms with E-state index >= 15 is 0 Å². The van der Waals surface area contributed by atoms with Gasteiger partial charge in [0.15, 0.2) is 0 Å². The zero-order chi connectivity index (χ0) is 16.7. The summed E-state index contributed by atoms with van der Waals surface area (Å²) in [6, 6.07) is 5.52. The summed E-state index contributed by atoms with van der Waals surface area (Å²) in [5.74, 6) is -0.569. The van der Waals surface area contributed by atoms with Gasteiger partial charge in [0.1, 0.15) is 6.42 Å². The standard InChI is InChI=1S/C16H22BrN3O3/c1-12-10-13(2-3-14(12)17)19-16(22)11-15(21)18-4-5-20-6-8-23-9-7-20/h2-3,10H,4-9,11H2,1H3,(H,18,21)(H,19,22). The number of amides is 2. The van der Waals surface area contributed by atoms with Crippen molar-refractivity contribution < 1.29 is 14.3 Å². The van der Waals surface area contributed by atoms with Crippen LogP contribution in [-0.2, 0) is 14.3 Å². The summed E-state index contributed by atoms with van der Waals surface area (Å²) in [6.45, 7) is 6.52. The Bertz CT molecular complexity index is 560. The normalized spacial score (nSPS) is 15.2. The van der Waals surface area contributed by atoms with E-state index in [4.69, 9.17) is 4.74 Å². The van der Waals surface area contributed by atoms with Crippen LogP contribution < -0.4 is 10.6 Å². The predicted octanol–water partition coefficient (Wildman–Crippen LogP) is 1.53. The van der Waals surface area contributed by atoms with Gasteiger partial charge < -0.3 is 15.4 Å². The van der Waals surface area contributed by atoms with Crippen LogP contribution >= 0.6 is 15.9 Å². The number of anilines is 1. The Hall–Kier alpha value is -1.44. The van der Waals surface area contributed by atoms with Gasteiger partial charge in [-0.1, -0.05) is 15.9 Å². The molecule has 23 heavy (non-hydrogen) atoms. The predicted molar refractivity (Wildman–Crippen MR) is 92.4 cm³/mol. The molecule has 0 aromatic heterocycles. The molecular weight excluding hydrogens is 362 g/mol. The van der Waals surface area contributed by atoms with E-state index in [1.807, 2.05) is 19.1 Å². The van der Waals surface area contributed by atoms with Crippen molar-refractivity contribution in [3.8, 4) is 0 Å². The minimum absolute atomic E-state index is 0.168. The van der Waals surface area contributed by atoms with Gasteiger partial charge in [-0.25, -0.2) is 0 Å². The number of morpholine rings is 1. The topological polar surface area (TPSA) is 70.7 Å². The lowest BCUT2D eigenvalue weighted by molar-refractivity contribution is -0.126. The summed E-state index contributed by atoms with van der Waals surface area (Å²) in [5, 5.41) is 5.51. The minimum Gasteiger partial charge on any atom is -0.379 e. The van der Waals surface area contributed by atoms with Crippen LogP contribution in [0.15, 0.2) is 22.7 Å². The average molecular weight is 384 g/mol. The Balaban J connectivity index is 1.67. The first-order valence-corrected chi connectivity index (χ1v) is 8.46. The molecule has 0 spiro atoms. The fourth-order valence-electron chi connectivity index (χ4n) is 2.31. The van der Waals surface area contributed by atoms with Crippen molar-refractivity contribution in [2.75, 3.05) is 44.7 Å². The third-order valence-corrected chi connectivity index (χ3v) is 4.51. The molecule has 0 atom stereocenters. The summed E-state index contributed by atoms with van der Waals surface area (Å²) in [7, 11) is 0. The molecule has 2 N–H and O–H groups in total. The molecule has 0 aliphatic carbocycles. The van der Waals surface area contributed by atoms with Gasteiger partial charge in [0.05, 0.1) is 13.2 Å². The lowest BCUT2D eigenvalue weighted by Crippen LogP contribution is -2.41. The first-order chi connectivity index (χ1) is 11.0. The SMILES string of the molecule is Cc1cc(NC(=O)CC(=O)NCCN2CCOCC2)ccc1Br. The Kier molecular flexibility index (Phi) is 7.01. The van der Waals surface area contributed by atoms with E-state index in [9.17, 15) is 9.59 Å². The number of nitrogens with zero attached hydrogens (tertiary/aromatic N) is 1. The minimum atomic E-state index is -0.310. The van der Waals surface area contributed by atoms with Crippen LogP contribution in [0.2, 0.25) is 0 Å². The molecule has 1 aliphatic rings. The number of benzene rings is 1. The van der Waals surface area contributed by atoms with E-state index in [0.29, 0.717) is 12.2 Å². The Morgan fingerprint density at radius 1 is 1.26 bits per heavy atom. The van der Waals surface area contributed by atoms with Crippen LogP contribution in [-0.4, -0.2) is 56.1 Å². The number of hydrogen-bond donors (Lipinski definition) is 2. The van der Waals surface area contributed by atoms with Crippen LogP contribution in [0.25, 0.3) is 0 Å². The monoisotopic (exact) mass is 383 g/mol. The van der Waals surface area contributed by atoms with Crippen molar-refractivity contribution in [2.24, 2.45) is 0 Å². The first-order valence-electron chi connectivity index (χ1n) is 7.67. The summed E-state index contributed by atoms with van der Waals surface area (Å²) < 4.78 is 6.25. The molecule has 0 saturated carbocycles. The molecule has 6 nitrogen and oxygen atoms in total. The van der Waals surface area contributed by atoms with Crippen LogP contribution in [0.5, 0.6) is 0 Å². The molecule has 1 aliphatic heterocycles. The van der Waals surface area contributed by atoms with Gasteiger partial charge in [-0.15, -0.1) is 0 Å².